The molecular weight excluding hydrogens is 246 g/mol. The van der Waals surface area contributed by atoms with Crippen molar-refractivity contribution in [1.29, 1.82) is 0 Å². The average molecular weight is 265 g/mol. The molecule has 2 N–H and O–H groups in total. The van der Waals surface area contributed by atoms with Crippen LogP contribution in [0.15, 0.2) is 48.8 Å². The molecule has 0 saturated carbocycles. The first-order chi connectivity index (χ1) is 9.65. The number of nitrogens with two attached hydrogens (primary N) is 1. The maximum atomic E-state index is 6.35. The summed E-state index contributed by atoms with van der Waals surface area (Å²) in [5.74, 6) is 0. The normalized spacial score (nSPS) is 12.8. The minimum absolute atomic E-state index is 0.0214. The summed E-state index contributed by atoms with van der Waals surface area (Å²) in [5.41, 5.74) is 9.76. The van der Waals surface area contributed by atoms with Gasteiger partial charge in [-0.25, -0.2) is 4.98 Å². The van der Waals surface area contributed by atoms with Crippen LogP contribution in [-0.4, -0.2) is 9.55 Å². The van der Waals surface area contributed by atoms with E-state index in [9.17, 15) is 0 Å². The number of imidazole rings is 1. The largest absolute Gasteiger partial charge is 0.333 e. The molecule has 20 heavy (non-hydrogen) atoms. The highest BCUT2D eigenvalue weighted by atomic mass is 15.1. The van der Waals surface area contributed by atoms with Crippen molar-refractivity contribution in [2.75, 3.05) is 0 Å². The van der Waals surface area contributed by atoms with Gasteiger partial charge in [-0.1, -0.05) is 36.4 Å². The van der Waals surface area contributed by atoms with Gasteiger partial charge in [-0.05, 0) is 36.2 Å². The van der Waals surface area contributed by atoms with Crippen LogP contribution in [0.5, 0.6) is 0 Å². The minimum atomic E-state index is -0.0214. The Morgan fingerprint density at radius 2 is 1.85 bits per heavy atom. The van der Waals surface area contributed by atoms with Crippen LogP contribution in [0, 0.1) is 13.8 Å². The number of nitrogens with zero attached hydrogens (tertiary/aromatic N) is 2. The lowest BCUT2D eigenvalue weighted by Gasteiger charge is -2.15. The molecule has 1 unspecified atom stereocenters. The molecule has 0 aliphatic rings. The predicted molar refractivity (Wildman–Crippen MR) is 82.6 cm³/mol. The van der Waals surface area contributed by atoms with Crippen molar-refractivity contribution in [3.05, 3.63) is 65.7 Å². The summed E-state index contributed by atoms with van der Waals surface area (Å²) in [5, 5.41) is 2.48. The molecule has 2 aromatic carbocycles. The second kappa shape index (κ2) is 5.10. The van der Waals surface area contributed by atoms with E-state index < -0.39 is 0 Å². The third-order valence-electron chi connectivity index (χ3n) is 3.94. The second-order valence-corrected chi connectivity index (χ2v) is 5.28. The number of hydrogen-bond acceptors (Lipinski definition) is 2. The zero-order valence-electron chi connectivity index (χ0n) is 11.9. The number of aryl methyl sites for hydroxylation is 1. The van der Waals surface area contributed by atoms with Gasteiger partial charge in [0.05, 0.1) is 12.0 Å². The zero-order chi connectivity index (χ0) is 14.1. The second-order valence-electron chi connectivity index (χ2n) is 5.28. The standard InChI is InChI=1S/C17H19N3/c1-12-13(2)20(11-19-12)10-17(18)16-8-7-14-5-3-4-6-15(14)9-16/h3-9,11,17H,10,18H2,1-2H3. The number of fused-ring (bicyclic) bond motifs is 1. The highest BCUT2D eigenvalue weighted by molar-refractivity contribution is 5.83. The third kappa shape index (κ3) is 2.32. The van der Waals surface area contributed by atoms with E-state index in [0.29, 0.717) is 0 Å². The Balaban J connectivity index is 1.88. The fourth-order valence-electron chi connectivity index (χ4n) is 2.48. The van der Waals surface area contributed by atoms with Crippen molar-refractivity contribution in [1.82, 2.24) is 9.55 Å². The molecule has 3 rings (SSSR count). The summed E-state index contributed by atoms with van der Waals surface area (Å²) in [6.45, 7) is 4.86. The number of benzene rings is 2. The first-order valence-electron chi connectivity index (χ1n) is 6.88. The SMILES string of the molecule is Cc1ncn(CC(N)c2ccc3ccccc3c2)c1C. The van der Waals surface area contributed by atoms with Gasteiger partial charge in [0.15, 0.2) is 0 Å². The van der Waals surface area contributed by atoms with Crippen LogP contribution in [0.3, 0.4) is 0 Å². The third-order valence-corrected chi connectivity index (χ3v) is 3.94. The van der Waals surface area contributed by atoms with Crippen LogP contribution in [0.2, 0.25) is 0 Å². The molecule has 3 nitrogen and oxygen atoms in total. The summed E-state index contributed by atoms with van der Waals surface area (Å²) in [6.07, 6.45) is 1.87. The molecule has 0 radical (unpaired) electrons. The van der Waals surface area contributed by atoms with Crippen molar-refractivity contribution in [2.45, 2.75) is 26.4 Å². The van der Waals surface area contributed by atoms with Crippen molar-refractivity contribution < 1.29 is 0 Å². The van der Waals surface area contributed by atoms with Crippen LogP contribution >= 0.6 is 0 Å². The van der Waals surface area contributed by atoms with Gasteiger partial charge in [-0.3, -0.25) is 0 Å². The lowest BCUT2D eigenvalue weighted by Crippen LogP contribution is -2.18. The quantitative estimate of drug-likeness (QED) is 0.789. The lowest BCUT2D eigenvalue weighted by molar-refractivity contribution is 0.567. The molecule has 1 aromatic heterocycles. The summed E-state index contributed by atoms with van der Waals surface area (Å²) in [4.78, 5) is 4.32. The van der Waals surface area contributed by atoms with Gasteiger partial charge in [-0.15, -0.1) is 0 Å². The molecule has 0 saturated heterocycles. The van der Waals surface area contributed by atoms with Crippen molar-refractivity contribution in [2.24, 2.45) is 5.73 Å². The van der Waals surface area contributed by atoms with E-state index in [2.05, 4.69) is 58.9 Å². The highest BCUT2D eigenvalue weighted by Crippen LogP contribution is 2.21. The molecule has 0 bridgehead atoms. The Kier molecular flexibility index (Phi) is 3.28. The van der Waals surface area contributed by atoms with Crippen LogP contribution in [0.25, 0.3) is 10.8 Å². The molecular formula is C17H19N3. The highest BCUT2D eigenvalue weighted by Gasteiger charge is 2.10. The van der Waals surface area contributed by atoms with Gasteiger partial charge in [0.2, 0.25) is 0 Å². The Bertz CT molecular complexity index is 743. The van der Waals surface area contributed by atoms with Crippen LogP contribution in [-0.2, 0) is 6.54 Å². The Labute approximate surface area is 119 Å². The smallest absolute Gasteiger partial charge is 0.0952 e. The van der Waals surface area contributed by atoms with E-state index in [1.54, 1.807) is 0 Å². The molecule has 0 amide bonds. The first-order valence-corrected chi connectivity index (χ1v) is 6.88. The summed E-state index contributed by atoms with van der Waals surface area (Å²) in [7, 11) is 0. The molecule has 3 aromatic rings. The van der Waals surface area contributed by atoms with Crippen LogP contribution in [0.4, 0.5) is 0 Å². The van der Waals surface area contributed by atoms with Gasteiger partial charge in [0.25, 0.3) is 0 Å². The van der Waals surface area contributed by atoms with Crippen molar-refractivity contribution >= 4 is 10.8 Å². The average Bonchev–Trinajstić information content (AvgIpc) is 2.78. The van der Waals surface area contributed by atoms with Gasteiger partial charge in [0.1, 0.15) is 0 Å². The fraction of sp³-hybridized carbons (Fsp3) is 0.235. The van der Waals surface area contributed by atoms with E-state index in [0.717, 1.165) is 17.8 Å². The molecule has 1 heterocycles. The topological polar surface area (TPSA) is 43.8 Å². The van der Waals surface area contributed by atoms with E-state index in [4.69, 9.17) is 5.73 Å². The van der Waals surface area contributed by atoms with Gasteiger partial charge in [0, 0.05) is 18.3 Å². The molecule has 1 atom stereocenters. The van der Waals surface area contributed by atoms with Crippen molar-refractivity contribution in [3.63, 3.8) is 0 Å². The maximum absolute atomic E-state index is 6.35. The van der Waals surface area contributed by atoms with Crippen molar-refractivity contribution in [3.8, 4) is 0 Å². The summed E-state index contributed by atoms with van der Waals surface area (Å²) >= 11 is 0. The fourth-order valence-corrected chi connectivity index (χ4v) is 2.48. The lowest BCUT2D eigenvalue weighted by atomic mass is 10.0. The van der Waals surface area contributed by atoms with Crippen LogP contribution in [0.1, 0.15) is 23.0 Å². The van der Waals surface area contributed by atoms with Crippen LogP contribution < -0.4 is 5.73 Å². The molecule has 0 spiro atoms. The first kappa shape index (κ1) is 12.9. The summed E-state index contributed by atoms with van der Waals surface area (Å²) in [6, 6.07) is 14.8. The minimum Gasteiger partial charge on any atom is -0.333 e. The van der Waals surface area contributed by atoms with Gasteiger partial charge in [-0.2, -0.15) is 0 Å². The molecule has 0 fully saturated rings. The number of hydrogen-bond donors (Lipinski definition) is 1. The van der Waals surface area contributed by atoms with Gasteiger partial charge >= 0.3 is 0 Å². The summed E-state index contributed by atoms with van der Waals surface area (Å²) < 4.78 is 2.12. The van der Waals surface area contributed by atoms with E-state index in [-0.39, 0.29) is 6.04 Å². The molecule has 0 aliphatic carbocycles. The monoisotopic (exact) mass is 265 g/mol. The Morgan fingerprint density at radius 1 is 1.10 bits per heavy atom. The van der Waals surface area contributed by atoms with E-state index >= 15 is 0 Å². The number of aromatic nitrogens is 2. The molecule has 0 aliphatic heterocycles. The Morgan fingerprint density at radius 3 is 2.55 bits per heavy atom. The van der Waals surface area contributed by atoms with E-state index in [1.807, 2.05) is 13.3 Å². The van der Waals surface area contributed by atoms with Gasteiger partial charge < -0.3 is 10.3 Å². The zero-order valence-corrected chi connectivity index (χ0v) is 11.9. The molecule has 3 heteroatoms. The maximum Gasteiger partial charge on any atom is 0.0952 e. The predicted octanol–water partition coefficient (Wildman–Crippen LogP) is 3.35. The molecule has 102 valence electrons. The number of rotatable bonds is 3. The Hall–Kier alpha value is -2.13. The van der Waals surface area contributed by atoms with E-state index in [1.165, 1.54) is 16.5 Å².